The first kappa shape index (κ1) is 24.7. The van der Waals surface area contributed by atoms with Crippen molar-refractivity contribution in [1.29, 1.82) is 0 Å². The number of rotatable bonds is 8. The van der Waals surface area contributed by atoms with Gasteiger partial charge in [-0.1, -0.05) is 41.7 Å². The number of hydrogen-bond donors (Lipinski definition) is 0. The molecule has 8 nitrogen and oxygen atoms in total. The largest absolute Gasteiger partial charge is 0.495 e. The smallest absolute Gasteiger partial charge is 0.349 e. The second kappa shape index (κ2) is 10.2. The number of methoxy groups -OCH3 is 2. The average Bonchev–Trinajstić information content (AvgIpc) is 3.34. The van der Waals surface area contributed by atoms with E-state index in [4.69, 9.17) is 18.9 Å². The molecule has 37 heavy (non-hydrogen) atoms. The van der Waals surface area contributed by atoms with Crippen LogP contribution < -0.4 is 20.0 Å². The topological polar surface area (TPSA) is 85.1 Å². The predicted octanol–water partition coefficient (Wildman–Crippen LogP) is 5.17. The van der Waals surface area contributed by atoms with Crippen LogP contribution in [0.3, 0.4) is 0 Å². The molecule has 2 heterocycles. The summed E-state index contributed by atoms with van der Waals surface area (Å²) in [5, 5.41) is 3.07. The molecule has 0 saturated heterocycles. The monoisotopic (exact) mass is 517 g/mol. The highest BCUT2D eigenvalue weighted by Crippen LogP contribution is 2.40. The lowest BCUT2D eigenvalue weighted by Crippen LogP contribution is -2.36. The Morgan fingerprint density at radius 2 is 1.73 bits per heavy atom. The van der Waals surface area contributed by atoms with Crippen LogP contribution in [0, 0.1) is 0 Å². The van der Waals surface area contributed by atoms with Crippen LogP contribution in [-0.4, -0.2) is 57.2 Å². The van der Waals surface area contributed by atoms with Gasteiger partial charge in [-0.3, -0.25) is 9.69 Å². The van der Waals surface area contributed by atoms with Crippen LogP contribution >= 0.6 is 11.3 Å². The molecule has 0 bridgehead atoms. The highest BCUT2D eigenvalue weighted by Gasteiger charge is 2.26. The third kappa shape index (κ3) is 4.63. The van der Waals surface area contributed by atoms with Crippen molar-refractivity contribution in [2.75, 3.05) is 46.3 Å². The van der Waals surface area contributed by atoms with Crippen molar-refractivity contribution >= 4 is 54.3 Å². The lowest BCUT2D eigenvalue weighted by atomic mass is 10.0. The van der Waals surface area contributed by atoms with Gasteiger partial charge in [-0.05, 0) is 62.1 Å². The van der Waals surface area contributed by atoms with Gasteiger partial charge < -0.3 is 18.8 Å². The van der Waals surface area contributed by atoms with Crippen LogP contribution in [0.15, 0.2) is 63.8 Å². The molecule has 0 atom stereocenters. The number of thiazole rings is 1. The molecule has 0 unspecified atom stereocenters. The van der Waals surface area contributed by atoms with Gasteiger partial charge in [0.05, 0.1) is 14.2 Å². The van der Waals surface area contributed by atoms with Crippen LogP contribution in [0.2, 0.25) is 0 Å². The van der Waals surface area contributed by atoms with Crippen molar-refractivity contribution in [2.45, 2.75) is 6.42 Å². The Morgan fingerprint density at radius 3 is 2.49 bits per heavy atom. The minimum absolute atomic E-state index is 0.0353. The van der Waals surface area contributed by atoms with E-state index in [1.165, 1.54) is 11.3 Å². The summed E-state index contributed by atoms with van der Waals surface area (Å²) in [6.45, 7) is 1.13. The fourth-order valence-electron chi connectivity index (χ4n) is 4.38. The lowest BCUT2D eigenvalue weighted by molar-refractivity contribution is 0.0982. The van der Waals surface area contributed by atoms with Crippen molar-refractivity contribution in [2.24, 2.45) is 0 Å². The summed E-state index contributed by atoms with van der Waals surface area (Å²) >= 11 is 1.32. The normalized spacial score (nSPS) is 11.5. The first-order chi connectivity index (χ1) is 17.9. The first-order valence-electron chi connectivity index (χ1n) is 11.8. The van der Waals surface area contributed by atoms with E-state index in [0.29, 0.717) is 46.1 Å². The molecule has 0 saturated carbocycles. The molecule has 2 aromatic heterocycles. The summed E-state index contributed by atoms with van der Waals surface area (Å²) in [7, 11) is 7.11. The van der Waals surface area contributed by atoms with E-state index in [1.54, 1.807) is 37.3 Å². The van der Waals surface area contributed by atoms with Crippen LogP contribution in [0.4, 0.5) is 5.13 Å². The Morgan fingerprint density at radius 1 is 0.973 bits per heavy atom. The number of hydrogen-bond acceptors (Lipinski definition) is 8. The lowest BCUT2D eigenvalue weighted by Gasteiger charge is -2.20. The predicted molar refractivity (Wildman–Crippen MR) is 148 cm³/mol. The Kier molecular flexibility index (Phi) is 6.82. The van der Waals surface area contributed by atoms with E-state index in [-0.39, 0.29) is 5.56 Å². The number of anilines is 1. The van der Waals surface area contributed by atoms with Crippen molar-refractivity contribution in [1.82, 2.24) is 9.88 Å². The Hall–Kier alpha value is -3.95. The zero-order valence-corrected chi connectivity index (χ0v) is 21.9. The fourth-order valence-corrected chi connectivity index (χ4v) is 5.48. The molecule has 3 aromatic carbocycles. The summed E-state index contributed by atoms with van der Waals surface area (Å²) in [4.78, 5) is 35.3. The average molecular weight is 518 g/mol. The molecular formula is C28H27N3O5S. The molecule has 0 spiro atoms. The second-order valence-corrected chi connectivity index (χ2v) is 9.88. The maximum absolute atomic E-state index is 14.0. The molecule has 0 aliphatic rings. The van der Waals surface area contributed by atoms with E-state index in [0.717, 1.165) is 22.0 Å². The van der Waals surface area contributed by atoms with E-state index in [2.05, 4.69) is 0 Å². The molecule has 9 heteroatoms. The van der Waals surface area contributed by atoms with E-state index >= 15 is 0 Å². The molecule has 0 radical (unpaired) electrons. The van der Waals surface area contributed by atoms with Crippen molar-refractivity contribution in [3.63, 3.8) is 0 Å². The summed E-state index contributed by atoms with van der Waals surface area (Å²) in [5.74, 6) is 0.756. The van der Waals surface area contributed by atoms with Crippen LogP contribution in [0.25, 0.3) is 32.0 Å². The van der Waals surface area contributed by atoms with E-state index in [1.807, 2.05) is 55.4 Å². The maximum Gasteiger partial charge on any atom is 0.349 e. The number of benzene rings is 3. The molecule has 0 aliphatic heterocycles. The number of nitrogens with zero attached hydrogens (tertiary/aromatic N) is 3. The van der Waals surface area contributed by atoms with Gasteiger partial charge in [0.15, 0.2) is 5.13 Å². The fraction of sp³-hybridized carbons (Fsp3) is 0.250. The van der Waals surface area contributed by atoms with Crippen LogP contribution in [0.5, 0.6) is 11.5 Å². The number of amides is 1. The third-order valence-electron chi connectivity index (χ3n) is 6.23. The number of fused-ring (bicyclic) bond motifs is 4. The maximum atomic E-state index is 14.0. The quantitative estimate of drug-likeness (QED) is 0.207. The first-order valence-corrected chi connectivity index (χ1v) is 12.7. The Labute approximate surface area is 217 Å². The van der Waals surface area contributed by atoms with Gasteiger partial charge in [-0.2, -0.15) is 0 Å². The second-order valence-electron chi connectivity index (χ2n) is 8.90. The summed E-state index contributed by atoms with van der Waals surface area (Å²) in [6, 6.07) is 16.7. The summed E-state index contributed by atoms with van der Waals surface area (Å²) in [5.41, 5.74) is 0.325. The van der Waals surface area contributed by atoms with Gasteiger partial charge in [-0.15, -0.1) is 0 Å². The van der Waals surface area contributed by atoms with Gasteiger partial charge in [0, 0.05) is 11.9 Å². The van der Waals surface area contributed by atoms with Gasteiger partial charge in [0.2, 0.25) is 0 Å². The minimum Gasteiger partial charge on any atom is -0.495 e. The summed E-state index contributed by atoms with van der Waals surface area (Å²) < 4.78 is 17.4. The van der Waals surface area contributed by atoms with Crippen molar-refractivity contribution in [3.05, 3.63) is 70.6 Å². The summed E-state index contributed by atoms with van der Waals surface area (Å²) in [6.07, 6.45) is 0.685. The highest BCUT2D eigenvalue weighted by molar-refractivity contribution is 7.22. The molecule has 5 rings (SSSR count). The van der Waals surface area contributed by atoms with Crippen molar-refractivity contribution < 1.29 is 18.7 Å². The number of carbonyl (C=O) groups excluding carboxylic acids is 1. The Balaban J connectivity index is 1.64. The number of aromatic nitrogens is 1. The molecule has 0 fully saturated rings. The standard InChI is InChI=1S/C28H27N3O5S/c1-30(2)14-7-15-31(28-29-24-22(34-3)12-13-23(35-4)25(24)37-28)26(32)20-16-19-18-9-6-5-8-17(18)10-11-21(19)36-27(20)33/h5-6,8-13,16H,7,14-15H2,1-4H3. The number of carbonyl (C=O) groups is 1. The zero-order chi connectivity index (χ0) is 26.1. The third-order valence-corrected chi connectivity index (χ3v) is 7.33. The van der Waals surface area contributed by atoms with Gasteiger partial charge in [0.1, 0.15) is 32.9 Å². The van der Waals surface area contributed by atoms with Crippen LogP contribution in [0.1, 0.15) is 16.8 Å². The van der Waals surface area contributed by atoms with Crippen molar-refractivity contribution in [3.8, 4) is 11.5 Å². The Bertz CT molecular complexity index is 1630. The van der Waals surface area contributed by atoms with Crippen LogP contribution in [-0.2, 0) is 0 Å². The van der Waals surface area contributed by atoms with Gasteiger partial charge in [0.25, 0.3) is 5.91 Å². The molecule has 190 valence electrons. The SMILES string of the molecule is COc1ccc(OC)c2sc(N(CCCN(C)C)C(=O)c3cc4c(ccc5ccccc54)oc3=O)nc12. The molecular weight excluding hydrogens is 490 g/mol. The van der Waals surface area contributed by atoms with E-state index in [9.17, 15) is 9.59 Å². The molecule has 0 aliphatic carbocycles. The molecule has 1 amide bonds. The zero-order valence-electron chi connectivity index (χ0n) is 21.1. The van der Waals surface area contributed by atoms with E-state index < -0.39 is 11.5 Å². The minimum atomic E-state index is -0.679. The number of ether oxygens (including phenoxy) is 2. The molecule has 0 N–H and O–H groups in total. The molecule has 5 aromatic rings. The van der Waals surface area contributed by atoms with Gasteiger partial charge >= 0.3 is 5.63 Å². The highest BCUT2D eigenvalue weighted by atomic mass is 32.1. The van der Waals surface area contributed by atoms with Gasteiger partial charge in [-0.25, -0.2) is 9.78 Å².